The van der Waals surface area contributed by atoms with Crippen LogP contribution in [0.5, 0.6) is 0 Å². The van der Waals surface area contributed by atoms with Crippen LogP contribution in [0.25, 0.3) is 0 Å². The molecule has 0 spiro atoms. The van der Waals surface area contributed by atoms with Crippen molar-refractivity contribution in [3.05, 3.63) is 46.2 Å². The van der Waals surface area contributed by atoms with Crippen LogP contribution >= 0.6 is 15.9 Å². The molecule has 25 heavy (non-hydrogen) atoms. The summed E-state index contributed by atoms with van der Waals surface area (Å²) >= 11 is 3.15. The molecule has 7 heteroatoms. The van der Waals surface area contributed by atoms with Gasteiger partial charge in [0.15, 0.2) is 0 Å². The second-order valence-corrected chi connectivity index (χ2v) is 7.05. The molecule has 2 amide bonds. The smallest absolute Gasteiger partial charge is 0.307 e. The molecule has 5 nitrogen and oxygen atoms in total. The number of carbonyl (C=O) groups is 3. The van der Waals surface area contributed by atoms with Crippen LogP contribution in [-0.4, -0.2) is 29.2 Å². The number of ether oxygens (including phenoxy) is 1. The fourth-order valence-electron chi connectivity index (χ4n) is 3.16. The van der Waals surface area contributed by atoms with E-state index in [1.165, 1.54) is 12.1 Å². The minimum absolute atomic E-state index is 0.00627. The quantitative estimate of drug-likeness (QED) is 0.426. The van der Waals surface area contributed by atoms with Gasteiger partial charge in [0, 0.05) is 16.6 Å². The third-order valence-electron chi connectivity index (χ3n) is 4.54. The maximum Gasteiger partial charge on any atom is 0.307 e. The lowest BCUT2D eigenvalue weighted by Crippen LogP contribution is -2.33. The van der Waals surface area contributed by atoms with Crippen LogP contribution in [0.2, 0.25) is 0 Å². The number of halogens is 2. The predicted molar refractivity (Wildman–Crippen MR) is 90.6 cm³/mol. The number of likely N-dealkylation sites (tertiary alicyclic amines) is 1. The van der Waals surface area contributed by atoms with E-state index in [4.69, 9.17) is 4.74 Å². The number of hydrogen-bond acceptors (Lipinski definition) is 4. The molecule has 2 atom stereocenters. The molecule has 0 radical (unpaired) electrons. The summed E-state index contributed by atoms with van der Waals surface area (Å²) in [5, 5.41) is 0. The first-order valence-corrected chi connectivity index (χ1v) is 8.86. The van der Waals surface area contributed by atoms with Gasteiger partial charge in [0.05, 0.1) is 18.3 Å². The first-order chi connectivity index (χ1) is 12.0. The standard InChI is InChI=1S/C18H17BrFNO4/c19-12-6-5-11(15(20)9-12)10-25-16(22)7-8-21-17(23)13-3-1-2-4-14(13)18(21)24/h1-2,5-6,9,13-14H,3-4,7-8,10H2/t13-,14-/m1/s1. The Kier molecular flexibility index (Phi) is 5.32. The van der Waals surface area contributed by atoms with Gasteiger partial charge in [-0.3, -0.25) is 19.3 Å². The second-order valence-electron chi connectivity index (χ2n) is 6.13. The van der Waals surface area contributed by atoms with Crippen LogP contribution in [0.15, 0.2) is 34.8 Å². The van der Waals surface area contributed by atoms with Crippen molar-refractivity contribution in [3.63, 3.8) is 0 Å². The number of rotatable bonds is 5. The Labute approximate surface area is 153 Å². The average molecular weight is 410 g/mol. The van der Waals surface area contributed by atoms with E-state index in [2.05, 4.69) is 15.9 Å². The number of hydrogen-bond donors (Lipinski definition) is 0. The molecular formula is C18H17BrFNO4. The van der Waals surface area contributed by atoms with Crippen LogP contribution in [0.3, 0.4) is 0 Å². The van der Waals surface area contributed by atoms with Gasteiger partial charge in [-0.1, -0.05) is 34.1 Å². The highest BCUT2D eigenvalue weighted by Crippen LogP contribution is 2.35. The van der Waals surface area contributed by atoms with Gasteiger partial charge in [-0.05, 0) is 25.0 Å². The molecule has 1 aromatic carbocycles. The Hall–Kier alpha value is -2.02. The highest BCUT2D eigenvalue weighted by atomic mass is 79.9. The largest absolute Gasteiger partial charge is 0.461 e. The zero-order valence-corrected chi connectivity index (χ0v) is 15.0. The van der Waals surface area contributed by atoms with Crippen molar-refractivity contribution >= 4 is 33.7 Å². The molecule has 1 fully saturated rings. The van der Waals surface area contributed by atoms with Crippen molar-refractivity contribution < 1.29 is 23.5 Å². The Morgan fingerprint density at radius 3 is 2.44 bits per heavy atom. The normalized spacial score (nSPS) is 22.2. The maximum atomic E-state index is 13.7. The zero-order valence-electron chi connectivity index (χ0n) is 13.4. The molecule has 0 bridgehead atoms. The minimum atomic E-state index is -0.573. The van der Waals surface area contributed by atoms with Crippen LogP contribution in [0, 0.1) is 17.7 Å². The Morgan fingerprint density at radius 2 is 1.84 bits per heavy atom. The summed E-state index contributed by atoms with van der Waals surface area (Å²) in [5.74, 6) is -2.08. The number of imide groups is 1. The van der Waals surface area contributed by atoms with Crippen LogP contribution in [0.1, 0.15) is 24.8 Å². The van der Waals surface area contributed by atoms with Gasteiger partial charge < -0.3 is 4.74 Å². The molecule has 1 aliphatic carbocycles. The lowest BCUT2D eigenvalue weighted by atomic mass is 9.85. The third kappa shape index (κ3) is 3.81. The van der Waals surface area contributed by atoms with Gasteiger partial charge >= 0.3 is 5.97 Å². The van der Waals surface area contributed by atoms with E-state index < -0.39 is 11.8 Å². The fraction of sp³-hybridized carbons (Fsp3) is 0.389. The molecule has 132 valence electrons. The summed E-state index contributed by atoms with van der Waals surface area (Å²) in [6, 6.07) is 4.47. The minimum Gasteiger partial charge on any atom is -0.461 e. The number of carbonyl (C=O) groups excluding carboxylic acids is 3. The van der Waals surface area contributed by atoms with Crippen molar-refractivity contribution in [2.75, 3.05) is 6.54 Å². The summed E-state index contributed by atoms with van der Waals surface area (Å²) in [7, 11) is 0. The molecular weight excluding hydrogens is 393 g/mol. The van der Waals surface area contributed by atoms with Crippen molar-refractivity contribution in [1.29, 1.82) is 0 Å². The van der Waals surface area contributed by atoms with Crippen LogP contribution in [0.4, 0.5) is 4.39 Å². The lowest BCUT2D eigenvalue weighted by Gasteiger charge is -2.14. The fourth-order valence-corrected chi connectivity index (χ4v) is 3.49. The summed E-state index contributed by atoms with van der Waals surface area (Å²) in [6.45, 7) is -0.179. The van der Waals surface area contributed by atoms with E-state index in [0.717, 1.165) is 4.90 Å². The van der Waals surface area contributed by atoms with Gasteiger partial charge in [-0.15, -0.1) is 0 Å². The van der Waals surface area contributed by atoms with E-state index in [9.17, 15) is 18.8 Å². The monoisotopic (exact) mass is 409 g/mol. The van der Waals surface area contributed by atoms with E-state index in [-0.39, 0.29) is 48.8 Å². The van der Waals surface area contributed by atoms with Crippen molar-refractivity contribution in [2.45, 2.75) is 25.9 Å². The number of benzene rings is 1. The van der Waals surface area contributed by atoms with Gasteiger partial charge in [-0.25, -0.2) is 4.39 Å². The molecule has 1 saturated heterocycles. The summed E-state index contributed by atoms with van der Waals surface area (Å²) in [5.41, 5.74) is 0.266. The maximum absolute atomic E-state index is 13.7. The summed E-state index contributed by atoms with van der Waals surface area (Å²) in [4.78, 5) is 37.6. The van der Waals surface area contributed by atoms with Crippen molar-refractivity contribution in [3.8, 4) is 0 Å². The molecule has 0 unspecified atom stereocenters. The van der Waals surface area contributed by atoms with Crippen molar-refractivity contribution in [1.82, 2.24) is 4.90 Å². The predicted octanol–water partition coefficient (Wildman–Crippen LogP) is 2.97. The number of nitrogens with zero attached hydrogens (tertiary/aromatic N) is 1. The molecule has 1 aromatic rings. The summed E-state index contributed by atoms with van der Waals surface area (Å²) in [6.07, 6.45) is 4.87. The van der Waals surface area contributed by atoms with E-state index >= 15 is 0 Å². The lowest BCUT2D eigenvalue weighted by molar-refractivity contribution is -0.146. The first-order valence-electron chi connectivity index (χ1n) is 8.07. The SMILES string of the molecule is O=C(CCN1C(=O)[C@@H]2CC=CC[C@H]2C1=O)OCc1ccc(Br)cc1F. The number of esters is 1. The van der Waals surface area contributed by atoms with E-state index in [0.29, 0.717) is 17.3 Å². The van der Waals surface area contributed by atoms with Gasteiger partial charge in [0.2, 0.25) is 11.8 Å². The van der Waals surface area contributed by atoms with Gasteiger partial charge in [-0.2, -0.15) is 0 Å². The Bertz CT molecular complexity index is 723. The van der Waals surface area contributed by atoms with Crippen LogP contribution < -0.4 is 0 Å². The van der Waals surface area contributed by atoms with E-state index in [1.54, 1.807) is 6.07 Å². The zero-order chi connectivity index (χ0) is 18.0. The molecule has 1 aliphatic heterocycles. The molecule has 2 aliphatic rings. The molecule has 3 rings (SSSR count). The second kappa shape index (κ2) is 7.47. The molecule has 0 saturated carbocycles. The number of amides is 2. The topological polar surface area (TPSA) is 63.7 Å². The molecule has 0 aromatic heterocycles. The third-order valence-corrected chi connectivity index (χ3v) is 5.04. The van der Waals surface area contributed by atoms with E-state index in [1.807, 2.05) is 12.2 Å². The van der Waals surface area contributed by atoms with Gasteiger partial charge in [0.25, 0.3) is 0 Å². The van der Waals surface area contributed by atoms with Gasteiger partial charge in [0.1, 0.15) is 12.4 Å². The number of allylic oxidation sites excluding steroid dienone is 2. The summed E-state index contributed by atoms with van der Waals surface area (Å²) < 4.78 is 19.3. The number of fused-ring (bicyclic) bond motifs is 1. The van der Waals surface area contributed by atoms with Crippen LogP contribution in [-0.2, 0) is 25.7 Å². The molecule has 0 N–H and O–H groups in total. The Morgan fingerprint density at radius 1 is 1.20 bits per heavy atom. The highest BCUT2D eigenvalue weighted by molar-refractivity contribution is 9.10. The van der Waals surface area contributed by atoms with Crippen molar-refractivity contribution in [2.24, 2.45) is 11.8 Å². The first kappa shape index (κ1) is 17.8. The Balaban J connectivity index is 1.51. The highest BCUT2D eigenvalue weighted by Gasteiger charge is 2.46. The average Bonchev–Trinajstić information content (AvgIpc) is 2.84. The molecule has 1 heterocycles.